The van der Waals surface area contributed by atoms with Gasteiger partial charge in [0.25, 0.3) is 5.70 Å². The summed E-state index contributed by atoms with van der Waals surface area (Å²) in [5.74, 6) is 1.11. The summed E-state index contributed by atoms with van der Waals surface area (Å²) in [5.41, 5.74) is 0.164. The van der Waals surface area contributed by atoms with E-state index in [1.165, 1.54) is 20.3 Å². The molecule has 0 fully saturated rings. The van der Waals surface area contributed by atoms with Crippen LogP contribution in [0.3, 0.4) is 0 Å². The molecule has 0 aromatic heterocycles. The van der Waals surface area contributed by atoms with Crippen molar-refractivity contribution in [1.82, 2.24) is 0 Å². The highest BCUT2D eigenvalue weighted by molar-refractivity contribution is 5.23. The minimum Gasteiger partial charge on any atom is -0.497 e. The minimum atomic E-state index is -0.397. The largest absolute Gasteiger partial charge is 0.497 e. The molecule has 0 radical (unpaired) electrons. The van der Waals surface area contributed by atoms with Crippen molar-refractivity contribution in [2.24, 2.45) is 0 Å². The second kappa shape index (κ2) is 3.93. The quantitative estimate of drug-likeness (QED) is 0.493. The summed E-state index contributed by atoms with van der Waals surface area (Å²) < 4.78 is 9.96. The highest BCUT2D eigenvalue weighted by atomic mass is 16.6. The summed E-state index contributed by atoms with van der Waals surface area (Å²) >= 11 is 0. The van der Waals surface area contributed by atoms with E-state index in [1.54, 1.807) is 0 Å². The van der Waals surface area contributed by atoms with Crippen LogP contribution in [0.2, 0.25) is 0 Å². The van der Waals surface area contributed by atoms with Crippen LogP contribution in [0.1, 0.15) is 12.8 Å². The lowest BCUT2D eigenvalue weighted by atomic mass is 10.1. The van der Waals surface area contributed by atoms with Gasteiger partial charge in [0.15, 0.2) is 5.76 Å². The first-order valence-corrected chi connectivity index (χ1v) is 3.85. The van der Waals surface area contributed by atoms with Crippen LogP contribution in [0.15, 0.2) is 23.3 Å². The zero-order chi connectivity index (χ0) is 9.84. The Kier molecular flexibility index (Phi) is 2.89. The lowest BCUT2D eigenvalue weighted by Crippen LogP contribution is -2.08. The SMILES string of the molecule is COC1=C(OC)CCC([N+](=O)[O-])=C1. The third kappa shape index (κ3) is 1.99. The Balaban J connectivity index is 2.93. The van der Waals surface area contributed by atoms with E-state index in [9.17, 15) is 10.1 Å². The highest BCUT2D eigenvalue weighted by Gasteiger charge is 2.21. The van der Waals surface area contributed by atoms with E-state index < -0.39 is 4.92 Å². The van der Waals surface area contributed by atoms with Crippen molar-refractivity contribution in [2.75, 3.05) is 14.2 Å². The molecule has 0 aromatic rings. The molecule has 0 unspecified atom stereocenters. The zero-order valence-electron chi connectivity index (χ0n) is 7.57. The van der Waals surface area contributed by atoms with Crippen LogP contribution in [0.25, 0.3) is 0 Å². The average Bonchev–Trinajstić information content (AvgIpc) is 2.16. The number of methoxy groups -OCH3 is 2. The first kappa shape index (κ1) is 9.57. The molecular formula is C8H11NO4. The molecule has 0 aliphatic heterocycles. The normalized spacial score (nSPS) is 16.6. The molecule has 13 heavy (non-hydrogen) atoms. The molecule has 5 heteroatoms. The third-order valence-corrected chi connectivity index (χ3v) is 1.88. The van der Waals surface area contributed by atoms with Crippen LogP contribution in [0.4, 0.5) is 0 Å². The molecule has 0 bridgehead atoms. The van der Waals surface area contributed by atoms with Crippen LogP contribution in [0, 0.1) is 10.1 Å². The van der Waals surface area contributed by atoms with Crippen LogP contribution in [-0.4, -0.2) is 19.1 Å². The van der Waals surface area contributed by atoms with Crippen LogP contribution >= 0.6 is 0 Å². The van der Waals surface area contributed by atoms with E-state index in [-0.39, 0.29) is 5.70 Å². The van der Waals surface area contributed by atoms with E-state index in [0.717, 1.165) is 0 Å². The molecule has 0 aromatic carbocycles. The van der Waals surface area contributed by atoms with Crippen molar-refractivity contribution in [3.63, 3.8) is 0 Å². The summed E-state index contributed by atoms with van der Waals surface area (Å²) in [6, 6.07) is 0. The maximum absolute atomic E-state index is 10.4. The zero-order valence-corrected chi connectivity index (χ0v) is 7.57. The first-order chi connectivity index (χ1) is 6.19. The molecule has 5 nitrogen and oxygen atoms in total. The maximum Gasteiger partial charge on any atom is 0.250 e. The van der Waals surface area contributed by atoms with Crippen LogP contribution in [-0.2, 0) is 9.47 Å². The van der Waals surface area contributed by atoms with E-state index in [2.05, 4.69) is 0 Å². The molecule has 1 aliphatic carbocycles. The summed E-state index contributed by atoms with van der Waals surface area (Å²) in [7, 11) is 2.99. The second-order valence-electron chi connectivity index (χ2n) is 2.59. The number of nitro groups is 1. The Bertz CT molecular complexity index is 280. The molecule has 0 heterocycles. The van der Waals surface area contributed by atoms with Gasteiger partial charge >= 0.3 is 0 Å². The van der Waals surface area contributed by atoms with Gasteiger partial charge in [0.1, 0.15) is 5.76 Å². The number of nitrogens with zero attached hydrogens (tertiary/aromatic N) is 1. The second-order valence-corrected chi connectivity index (χ2v) is 2.59. The summed E-state index contributed by atoms with van der Waals surface area (Å²) in [5, 5.41) is 10.4. The fraction of sp³-hybridized carbons (Fsp3) is 0.500. The van der Waals surface area contributed by atoms with Crippen molar-refractivity contribution < 1.29 is 14.4 Å². The fourth-order valence-electron chi connectivity index (χ4n) is 1.19. The van der Waals surface area contributed by atoms with Crippen LogP contribution < -0.4 is 0 Å². The van der Waals surface area contributed by atoms with Gasteiger partial charge < -0.3 is 9.47 Å². The van der Waals surface area contributed by atoms with Gasteiger partial charge in [-0.15, -0.1) is 0 Å². The van der Waals surface area contributed by atoms with Crippen molar-refractivity contribution in [1.29, 1.82) is 0 Å². The Hall–Kier alpha value is -1.52. The summed E-state index contributed by atoms with van der Waals surface area (Å²) in [6.07, 6.45) is 2.32. The molecule has 0 N–H and O–H groups in total. The topological polar surface area (TPSA) is 61.6 Å². The Morgan fingerprint density at radius 2 is 2.08 bits per heavy atom. The van der Waals surface area contributed by atoms with Crippen molar-refractivity contribution >= 4 is 0 Å². The van der Waals surface area contributed by atoms with Crippen molar-refractivity contribution in [3.8, 4) is 0 Å². The molecular weight excluding hydrogens is 174 g/mol. The Labute approximate surface area is 75.8 Å². The van der Waals surface area contributed by atoms with Gasteiger partial charge in [-0.2, -0.15) is 0 Å². The summed E-state index contributed by atoms with van der Waals surface area (Å²) in [4.78, 5) is 10.0. The van der Waals surface area contributed by atoms with E-state index in [4.69, 9.17) is 9.47 Å². The van der Waals surface area contributed by atoms with Gasteiger partial charge in [-0.25, -0.2) is 0 Å². The highest BCUT2D eigenvalue weighted by Crippen LogP contribution is 2.24. The number of ether oxygens (including phenoxy) is 2. The molecule has 0 amide bonds. The smallest absolute Gasteiger partial charge is 0.250 e. The lowest BCUT2D eigenvalue weighted by molar-refractivity contribution is -0.428. The molecule has 72 valence electrons. The molecule has 0 atom stereocenters. The molecule has 0 spiro atoms. The van der Waals surface area contributed by atoms with Crippen molar-refractivity contribution in [3.05, 3.63) is 33.4 Å². The predicted molar refractivity (Wildman–Crippen MR) is 45.4 cm³/mol. The molecule has 1 aliphatic rings. The van der Waals surface area contributed by atoms with E-state index >= 15 is 0 Å². The predicted octanol–water partition coefficient (Wildman–Crippen LogP) is 1.45. The van der Waals surface area contributed by atoms with Crippen LogP contribution in [0.5, 0.6) is 0 Å². The number of hydrogen-bond acceptors (Lipinski definition) is 4. The van der Waals surface area contributed by atoms with Gasteiger partial charge in [0.05, 0.1) is 25.2 Å². The number of allylic oxidation sites excluding steroid dienone is 3. The lowest BCUT2D eigenvalue weighted by Gasteiger charge is -2.13. The van der Waals surface area contributed by atoms with Crippen molar-refractivity contribution in [2.45, 2.75) is 12.8 Å². The Morgan fingerprint density at radius 1 is 1.38 bits per heavy atom. The monoisotopic (exact) mass is 185 g/mol. The standard InChI is InChI=1S/C8H11NO4/c1-12-7-4-3-6(9(10)11)5-8(7)13-2/h5H,3-4H2,1-2H3. The fourth-order valence-corrected chi connectivity index (χ4v) is 1.19. The van der Waals surface area contributed by atoms with E-state index in [0.29, 0.717) is 24.4 Å². The molecule has 0 saturated carbocycles. The molecule has 1 rings (SSSR count). The van der Waals surface area contributed by atoms with Gasteiger partial charge in [-0.1, -0.05) is 0 Å². The molecule has 0 saturated heterocycles. The van der Waals surface area contributed by atoms with Gasteiger partial charge in [0.2, 0.25) is 0 Å². The first-order valence-electron chi connectivity index (χ1n) is 3.85. The third-order valence-electron chi connectivity index (χ3n) is 1.88. The summed E-state index contributed by atoms with van der Waals surface area (Å²) in [6.45, 7) is 0. The van der Waals surface area contributed by atoms with Gasteiger partial charge in [0, 0.05) is 12.8 Å². The van der Waals surface area contributed by atoms with E-state index in [1.807, 2.05) is 0 Å². The van der Waals surface area contributed by atoms with Gasteiger partial charge in [-0.3, -0.25) is 10.1 Å². The minimum absolute atomic E-state index is 0.164. The maximum atomic E-state index is 10.4. The van der Waals surface area contributed by atoms with Gasteiger partial charge in [-0.05, 0) is 0 Å². The Morgan fingerprint density at radius 3 is 2.54 bits per heavy atom. The average molecular weight is 185 g/mol. The number of rotatable bonds is 3. The number of hydrogen-bond donors (Lipinski definition) is 0.